The van der Waals surface area contributed by atoms with Crippen LogP contribution >= 0.6 is 0 Å². The zero-order valence-electron chi connectivity index (χ0n) is 12.9. The van der Waals surface area contributed by atoms with E-state index < -0.39 is 5.97 Å². The average Bonchev–Trinajstić information content (AvgIpc) is 2.93. The molecule has 0 bridgehead atoms. The fourth-order valence-electron chi connectivity index (χ4n) is 2.18. The Hall–Kier alpha value is -2.56. The SMILES string of the molecule is C=C(C)CN(CC)C(=O)COC(=O)c1cc2ccccc2[nH]1. The quantitative estimate of drug-likeness (QED) is 0.659. The summed E-state index contributed by atoms with van der Waals surface area (Å²) in [6.07, 6.45) is 0. The van der Waals surface area contributed by atoms with Crippen LogP contribution in [0.25, 0.3) is 10.9 Å². The topological polar surface area (TPSA) is 62.4 Å². The van der Waals surface area contributed by atoms with E-state index >= 15 is 0 Å². The summed E-state index contributed by atoms with van der Waals surface area (Å²) in [5.74, 6) is -0.758. The first-order chi connectivity index (χ1) is 10.5. The predicted molar refractivity (Wildman–Crippen MR) is 85.6 cm³/mol. The molecular weight excluding hydrogens is 280 g/mol. The molecule has 2 rings (SSSR count). The highest BCUT2D eigenvalue weighted by Gasteiger charge is 2.16. The van der Waals surface area contributed by atoms with Crippen molar-refractivity contribution in [3.8, 4) is 0 Å². The van der Waals surface area contributed by atoms with Gasteiger partial charge in [-0.25, -0.2) is 4.79 Å². The number of ether oxygens (including phenoxy) is 1. The summed E-state index contributed by atoms with van der Waals surface area (Å²) in [5.41, 5.74) is 2.09. The lowest BCUT2D eigenvalue weighted by molar-refractivity contribution is -0.133. The van der Waals surface area contributed by atoms with Crippen LogP contribution in [0.1, 0.15) is 24.3 Å². The molecule has 0 atom stereocenters. The number of esters is 1. The number of hydrogen-bond acceptors (Lipinski definition) is 3. The number of amides is 1. The molecule has 0 aliphatic carbocycles. The maximum atomic E-state index is 12.0. The molecule has 0 radical (unpaired) electrons. The minimum atomic E-state index is -0.532. The molecule has 1 aromatic heterocycles. The van der Waals surface area contributed by atoms with Gasteiger partial charge in [0, 0.05) is 24.0 Å². The number of aromatic nitrogens is 1. The molecule has 0 spiro atoms. The van der Waals surface area contributed by atoms with E-state index in [0.717, 1.165) is 16.5 Å². The van der Waals surface area contributed by atoms with Crippen molar-refractivity contribution in [2.45, 2.75) is 13.8 Å². The summed E-state index contributed by atoms with van der Waals surface area (Å²) in [4.78, 5) is 28.6. The monoisotopic (exact) mass is 300 g/mol. The molecule has 0 aliphatic heterocycles. The van der Waals surface area contributed by atoms with Gasteiger partial charge in [0.2, 0.25) is 0 Å². The Labute approximate surface area is 129 Å². The van der Waals surface area contributed by atoms with E-state index in [1.54, 1.807) is 11.0 Å². The number of carbonyl (C=O) groups is 2. The first-order valence-electron chi connectivity index (χ1n) is 7.18. The molecule has 0 fully saturated rings. The molecule has 5 heteroatoms. The summed E-state index contributed by atoms with van der Waals surface area (Å²) in [6, 6.07) is 9.27. The Morgan fingerprint density at radius 1 is 1.32 bits per heavy atom. The summed E-state index contributed by atoms with van der Waals surface area (Å²) in [7, 11) is 0. The Kier molecular flexibility index (Phi) is 4.99. The Balaban J connectivity index is 1.97. The van der Waals surface area contributed by atoms with Crippen molar-refractivity contribution >= 4 is 22.8 Å². The fourth-order valence-corrected chi connectivity index (χ4v) is 2.18. The molecule has 1 heterocycles. The van der Waals surface area contributed by atoms with Gasteiger partial charge in [0.15, 0.2) is 6.61 Å². The molecule has 0 unspecified atom stereocenters. The van der Waals surface area contributed by atoms with Gasteiger partial charge in [0.25, 0.3) is 5.91 Å². The van der Waals surface area contributed by atoms with Crippen molar-refractivity contribution in [2.75, 3.05) is 19.7 Å². The number of rotatable bonds is 6. The van der Waals surface area contributed by atoms with Gasteiger partial charge in [-0.2, -0.15) is 0 Å². The predicted octanol–water partition coefficient (Wildman–Crippen LogP) is 2.75. The summed E-state index contributed by atoms with van der Waals surface area (Å²) in [6.45, 7) is 8.27. The number of hydrogen-bond donors (Lipinski definition) is 1. The molecule has 0 saturated heterocycles. The van der Waals surface area contributed by atoms with E-state index in [4.69, 9.17) is 4.74 Å². The molecule has 1 N–H and O–H groups in total. The molecule has 2 aromatic rings. The normalized spacial score (nSPS) is 10.5. The van der Waals surface area contributed by atoms with Gasteiger partial charge in [-0.3, -0.25) is 4.79 Å². The van der Waals surface area contributed by atoms with Crippen LogP contribution in [0.3, 0.4) is 0 Å². The first kappa shape index (κ1) is 15.8. The van der Waals surface area contributed by atoms with Gasteiger partial charge in [0.1, 0.15) is 5.69 Å². The van der Waals surface area contributed by atoms with Gasteiger partial charge in [-0.15, -0.1) is 0 Å². The van der Waals surface area contributed by atoms with Gasteiger partial charge in [0.05, 0.1) is 0 Å². The molecule has 116 valence electrons. The van der Waals surface area contributed by atoms with Crippen LogP contribution in [-0.4, -0.2) is 41.5 Å². The van der Waals surface area contributed by atoms with E-state index in [-0.39, 0.29) is 12.5 Å². The molecular formula is C17H20N2O3. The number of para-hydroxylation sites is 1. The standard InChI is InChI=1S/C17H20N2O3/c1-4-19(10-12(2)3)16(20)11-22-17(21)15-9-13-7-5-6-8-14(13)18-15/h5-9,18H,2,4,10-11H2,1,3H3. The zero-order valence-corrected chi connectivity index (χ0v) is 12.9. The van der Waals surface area contributed by atoms with Crippen LogP contribution in [0, 0.1) is 0 Å². The average molecular weight is 300 g/mol. The highest BCUT2D eigenvalue weighted by Crippen LogP contribution is 2.15. The highest BCUT2D eigenvalue weighted by atomic mass is 16.5. The molecule has 22 heavy (non-hydrogen) atoms. The van der Waals surface area contributed by atoms with E-state index in [9.17, 15) is 9.59 Å². The third-order valence-electron chi connectivity index (χ3n) is 3.27. The van der Waals surface area contributed by atoms with Crippen LogP contribution in [0.4, 0.5) is 0 Å². The van der Waals surface area contributed by atoms with Gasteiger partial charge in [-0.1, -0.05) is 30.4 Å². The van der Waals surface area contributed by atoms with E-state index in [0.29, 0.717) is 18.8 Å². The third kappa shape index (κ3) is 3.75. The Morgan fingerprint density at radius 2 is 2.05 bits per heavy atom. The van der Waals surface area contributed by atoms with Crippen molar-refractivity contribution in [1.29, 1.82) is 0 Å². The van der Waals surface area contributed by atoms with Crippen molar-refractivity contribution in [1.82, 2.24) is 9.88 Å². The van der Waals surface area contributed by atoms with Crippen LogP contribution < -0.4 is 0 Å². The van der Waals surface area contributed by atoms with E-state index in [2.05, 4.69) is 11.6 Å². The van der Waals surface area contributed by atoms with Crippen molar-refractivity contribution in [3.05, 3.63) is 48.2 Å². The second kappa shape index (κ2) is 6.93. The van der Waals surface area contributed by atoms with Crippen LogP contribution in [0.2, 0.25) is 0 Å². The van der Waals surface area contributed by atoms with Gasteiger partial charge in [-0.05, 0) is 26.0 Å². The largest absolute Gasteiger partial charge is 0.451 e. The lowest BCUT2D eigenvalue weighted by Gasteiger charge is -2.20. The molecule has 1 aromatic carbocycles. The summed E-state index contributed by atoms with van der Waals surface area (Å²) < 4.78 is 5.09. The lowest BCUT2D eigenvalue weighted by atomic mass is 10.2. The minimum absolute atomic E-state index is 0.227. The number of H-pyrrole nitrogens is 1. The van der Waals surface area contributed by atoms with Crippen LogP contribution in [-0.2, 0) is 9.53 Å². The second-order valence-electron chi connectivity index (χ2n) is 5.21. The van der Waals surface area contributed by atoms with Crippen LogP contribution in [0.5, 0.6) is 0 Å². The minimum Gasteiger partial charge on any atom is -0.451 e. The second-order valence-corrected chi connectivity index (χ2v) is 5.21. The summed E-state index contributed by atoms with van der Waals surface area (Å²) >= 11 is 0. The number of aromatic amines is 1. The number of nitrogens with one attached hydrogen (secondary N) is 1. The number of likely N-dealkylation sites (N-methyl/N-ethyl adjacent to an activating group) is 1. The number of carbonyl (C=O) groups excluding carboxylic acids is 2. The Morgan fingerprint density at radius 3 is 2.68 bits per heavy atom. The fraction of sp³-hybridized carbons (Fsp3) is 0.294. The third-order valence-corrected chi connectivity index (χ3v) is 3.27. The molecule has 0 aliphatic rings. The summed E-state index contributed by atoms with van der Waals surface area (Å²) in [5, 5.41) is 0.929. The van der Waals surface area contributed by atoms with Crippen molar-refractivity contribution in [2.24, 2.45) is 0 Å². The van der Waals surface area contributed by atoms with E-state index in [1.165, 1.54) is 0 Å². The van der Waals surface area contributed by atoms with E-state index in [1.807, 2.05) is 38.1 Å². The van der Waals surface area contributed by atoms with Gasteiger partial charge < -0.3 is 14.6 Å². The smallest absolute Gasteiger partial charge is 0.355 e. The highest BCUT2D eigenvalue weighted by molar-refractivity contribution is 5.95. The maximum Gasteiger partial charge on any atom is 0.355 e. The van der Waals surface area contributed by atoms with Crippen LogP contribution in [0.15, 0.2) is 42.5 Å². The Bertz CT molecular complexity index is 670. The van der Waals surface area contributed by atoms with Crippen molar-refractivity contribution in [3.63, 3.8) is 0 Å². The number of benzene rings is 1. The molecule has 0 saturated carbocycles. The number of nitrogens with zero attached hydrogens (tertiary/aromatic N) is 1. The molecule has 5 nitrogen and oxygen atoms in total. The first-order valence-corrected chi connectivity index (χ1v) is 7.18. The van der Waals surface area contributed by atoms with Gasteiger partial charge >= 0.3 is 5.97 Å². The maximum absolute atomic E-state index is 12.0. The molecule has 1 amide bonds. The lowest BCUT2D eigenvalue weighted by Crippen LogP contribution is -2.35. The number of fused-ring (bicyclic) bond motifs is 1. The van der Waals surface area contributed by atoms with Crippen molar-refractivity contribution < 1.29 is 14.3 Å². The zero-order chi connectivity index (χ0) is 16.1.